The number of nitrogens with one attached hydrogen (secondary N) is 1. The first-order chi connectivity index (χ1) is 7.65. The lowest BCUT2D eigenvalue weighted by Gasteiger charge is -2.28. The van der Waals surface area contributed by atoms with Crippen LogP contribution in [-0.2, 0) is 0 Å². The lowest BCUT2D eigenvalue weighted by molar-refractivity contribution is 0.358. The highest BCUT2D eigenvalue weighted by atomic mass is 79.9. The molecule has 0 aromatic carbocycles. The molecule has 4 heteroatoms. The highest BCUT2D eigenvalue weighted by molar-refractivity contribution is 9.10. The van der Waals surface area contributed by atoms with Crippen molar-refractivity contribution in [1.82, 2.24) is 4.98 Å². The Balaban J connectivity index is 2.02. The van der Waals surface area contributed by atoms with E-state index in [1.165, 1.54) is 25.7 Å². The van der Waals surface area contributed by atoms with Gasteiger partial charge in [0.05, 0.1) is 5.69 Å². The fraction of sp³-hybridized carbons (Fsp3) is 0.583. The smallest absolute Gasteiger partial charge is 0.149 e. The summed E-state index contributed by atoms with van der Waals surface area (Å²) in [6, 6.07) is 2.42. The fourth-order valence-electron chi connectivity index (χ4n) is 2.33. The van der Waals surface area contributed by atoms with Crippen molar-refractivity contribution < 1.29 is 0 Å². The molecule has 1 aromatic rings. The quantitative estimate of drug-likeness (QED) is 0.875. The van der Waals surface area contributed by atoms with Gasteiger partial charge in [-0.2, -0.15) is 0 Å². The van der Waals surface area contributed by atoms with Crippen molar-refractivity contribution in [3.8, 4) is 0 Å². The zero-order chi connectivity index (χ0) is 11.5. The summed E-state index contributed by atoms with van der Waals surface area (Å²) in [5.74, 6) is 1.63. The normalized spacial score (nSPS) is 25.4. The van der Waals surface area contributed by atoms with Gasteiger partial charge in [0.15, 0.2) is 0 Å². The first kappa shape index (κ1) is 11.7. The molecule has 1 fully saturated rings. The van der Waals surface area contributed by atoms with Gasteiger partial charge in [0.2, 0.25) is 0 Å². The molecule has 0 saturated heterocycles. The van der Waals surface area contributed by atoms with Crippen LogP contribution in [0.5, 0.6) is 0 Å². The van der Waals surface area contributed by atoms with Gasteiger partial charge >= 0.3 is 0 Å². The topological polar surface area (TPSA) is 50.9 Å². The number of aromatic nitrogens is 1. The SMILES string of the molecule is CC1CCCC(Nc2ncc(Br)cc2N)C1. The van der Waals surface area contributed by atoms with Crippen molar-refractivity contribution in [2.45, 2.75) is 38.6 Å². The molecule has 2 rings (SSSR count). The fourth-order valence-corrected chi connectivity index (χ4v) is 2.68. The van der Waals surface area contributed by atoms with Gasteiger partial charge in [-0.3, -0.25) is 0 Å². The van der Waals surface area contributed by atoms with Crippen molar-refractivity contribution in [3.63, 3.8) is 0 Å². The number of nitrogen functional groups attached to an aromatic ring is 1. The predicted molar refractivity (Wildman–Crippen MR) is 71.4 cm³/mol. The van der Waals surface area contributed by atoms with E-state index in [0.29, 0.717) is 11.7 Å². The molecule has 1 saturated carbocycles. The van der Waals surface area contributed by atoms with Gasteiger partial charge in [-0.05, 0) is 40.8 Å². The highest BCUT2D eigenvalue weighted by Crippen LogP contribution is 2.28. The Kier molecular flexibility index (Phi) is 3.69. The molecule has 1 aliphatic rings. The van der Waals surface area contributed by atoms with Gasteiger partial charge in [-0.1, -0.05) is 19.8 Å². The van der Waals surface area contributed by atoms with E-state index in [4.69, 9.17) is 5.73 Å². The molecule has 0 aliphatic heterocycles. The minimum atomic E-state index is 0.528. The second-order valence-corrected chi connectivity index (χ2v) is 5.62. The van der Waals surface area contributed by atoms with Gasteiger partial charge in [-0.25, -0.2) is 4.98 Å². The summed E-state index contributed by atoms with van der Waals surface area (Å²) in [5.41, 5.74) is 6.63. The average Bonchev–Trinajstić information content (AvgIpc) is 2.22. The molecule has 0 radical (unpaired) electrons. The standard InChI is InChI=1S/C12H18BrN3/c1-8-3-2-4-10(5-8)16-12-11(14)6-9(13)7-15-12/h6-8,10H,2-5,14H2,1H3,(H,15,16). The van der Waals surface area contributed by atoms with Crippen LogP contribution < -0.4 is 11.1 Å². The lowest BCUT2D eigenvalue weighted by Crippen LogP contribution is -2.27. The van der Waals surface area contributed by atoms with Crippen LogP contribution in [0.4, 0.5) is 11.5 Å². The largest absolute Gasteiger partial charge is 0.396 e. The molecule has 0 bridgehead atoms. The van der Waals surface area contributed by atoms with Crippen LogP contribution in [0.2, 0.25) is 0 Å². The minimum absolute atomic E-state index is 0.528. The number of hydrogen-bond acceptors (Lipinski definition) is 3. The molecule has 1 heterocycles. The predicted octanol–water partition coefficient (Wildman–Crippen LogP) is 3.42. The zero-order valence-electron chi connectivity index (χ0n) is 9.54. The lowest BCUT2D eigenvalue weighted by atomic mass is 9.87. The first-order valence-corrected chi connectivity index (χ1v) is 6.62. The molecule has 3 N–H and O–H groups in total. The van der Waals surface area contributed by atoms with Crippen LogP contribution in [0, 0.1) is 5.92 Å². The van der Waals surface area contributed by atoms with Crippen molar-refractivity contribution in [2.75, 3.05) is 11.1 Å². The third-order valence-electron chi connectivity index (χ3n) is 3.16. The van der Waals surface area contributed by atoms with Gasteiger partial charge < -0.3 is 11.1 Å². The molecule has 0 spiro atoms. The Morgan fingerprint density at radius 3 is 3.00 bits per heavy atom. The Bertz CT molecular complexity index is 367. The molecule has 2 unspecified atom stereocenters. The van der Waals surface area contributed by atoms with E-state index in [1.54, 1.807) is 6.20 Å². The highest BCUT2D eigenvalue weighted by Gasteiger charge is 2.19. The summed E-state index contributed by atoms with van der Waals surface area (Å²) in [6.45, 7) is 2.31. The second-order valence-electron chi connectivity index (χ2n) is 4.70. The van der Waals surface area contributed by atoms with Crippen molar-refractivity contribution in [2.24, 2.45) is 5.92 Å². The van der Waals surface area contributed by atoms with E-state index in [9.17, 15) is 0 Å². The van der Waals surface area contributed by atoms with Crippen LogP contribution in [-0.4, -0.2) is 11.0 Å². The molecule has 1 aromatic heterocycles. The van der Waals surface area contributed by atoms with Gasteiger partial charge in [0.1, 0.15) is 5.82 Å². The van der Waals surface area contributed by atoms with E-state index >= 15 is 0 Å². The summed E-state index contributed by atoms with van der Waals surface area (Å²) >= 11 is 3.36. The molecule has 3 nitrogen and oxygen atoms in total. The van der Waals surface area contributed by atoms with E-state index in [0.717, 1.165) is 16.2 Å². The first-order valence-electron chi connectivity index (χ1n) is 5.82. The molecule has 0 amide bonds. The molecular weight excluding hydrogens is 266 g/mol. The summed E-state index contributed by atoms with van der Waals surface area (Å²) in [7, 11) is 0. The summed E-state index contributed by atoms with van der Waals surface area (Å²) < 4.78 is 0.924. The monoisotopic (exact) mass is 283 g/mol. The van der Waals surface area contributed by atoms with E-state index in [2.05, 4.69) is 33.2 Å². The maximum atomic E-state index is 5.92. The number of rotatable bonds is 2. The number of nitrogens with zero attached hydrogens (tertiary/aromatic N) is 1. The van der Waals surface area contributed by atoms with Crippen molar-refractivity contribution in [3.05, 3.63) is 16.7 Å². The number of halogens is 1. The van der Waals surface area contributed by atoms with E-state index in [1.807, 2.05) is 6.07 Å². The minimum Gasteiger partial charge on any atom is -0.396 e. The van der Waals surface area contributed by atoms with Gasteiger partial charge in [0, 0.05) is 16.7 Å². The van der Waals surface area contributed by atoms with Crippen LogP contribution >= 0.6 is 15.9 Å². The third kappa shape index (κ3) is 2.88. The third-order valence-corrected chi connectivity index (χ3v) is 3.59. The summed E-state index contributed by atoms with van der Waals surface area (Å²) in [5, 5.41) is 3.45. The van der Waals surface area contributed by atoms with Crippen LogP contribution in [0.15, 0.2) is 16.7 Å². The Hall–Kier alpha value is -0.770. The number of hydrogen-bond donors (Lipinski definition) is 2. The molecule has 2 atom stereocenters. The average molecular weight is 284 g/mol. The molecular formula is C12H18BrN3. The number of anilines is 2. The Labute approximate surface area is 105 Å². The Morgan fingerprint density at radius 2 is 2.31 bits per heavy atom. The zero-order valence-corrected chi connectivity index (χ0v) is 11.1. The summed E-state index contributed by atoms with van der Waals surface area (Å²) in [6.07, 6.45) is 6.88. The van der Waals surface area contributed by atoms with E-state index < -0.39 is 0 Å². The second kappa shape index (κ2) is 5.04. The maximum absolute atomic E-state index is 5.92. The number of nitrogens with two attached hydrogens (primary N) is 1. The van der Waals surface area contributed by atoms with Crippen LogP contribution in [0.25, 0.3) is 0 Å². The van der Waals surface area contributed by atoms with E-state index in [-0.39, 0.29) is 0 Å². The van der Waals surface area contributed by atoms with Crippen LogP contribution in [0.1, 0.15) is 32.6 Å². The molecule has 88 valence electrons. The molecule has 16 heavy (non-hydrogen) atoms. The number of pyridine rings is 1. The van der Waals surface area contributed by atoms with Gasteiger partial charge in [0.25, 0.3) is 0 Å². The Morgan fingerprint density at radius 1 is 1.50 bits per heavy atom. The summed E-state index contributed by atoms with van der Waals surface area (Å²) in [4.78, 5) is 4.31. The van der Waals surface area contributed by atoms with Gasteiger partial charge in [-0.15, -0.1) is 0 Å². The maximum Gasteiger partial charge on any atom is 0.149 e. The molecule has 1 aliphatic carbocycles. The van der Waals surface area contributed by atoms with Crippen LogP contribution in [0.3, 0.4) is 0 Å². The van der Waals surface area contributed by atoms with Crippen molar-refractivity contribution in [1.29, 1.82) is 0 Å². The van der Waals surface area contributed by atoms with Crippen molar-refractivity contribution >= 4 is 27.4 Å².